The molecule has 3 heterocycles. The summed E-state index contributed by atoms with van der Waals surface area (Å²) in [5.74, 6) is -1.96. The van der Waals surface area contributed by atoms with Crippen LogP contribution in [0.4, 0.5) is 11.4 Å². The number of fused-ring (bicyclic) bond motifs is 1. The number of hydrogen-bond acceptors (Lipinski definition) is 6. The summed E-state index contributed by atoms with van der Waals surface area (Å²) >= 11 is 5.99. The van der Waals surface area contributed by atoms with Gasteiger partial charge in [-0.25, -0.2) is 0 Å². The molecule has 3 N–H and O–H groups in total. The highest BCUT2D eigenvalue weighted by Gasteiger charge is 2.75. The van der Waals surface area contributed by atoms with Gasteiger partial charge in [0.1, 0.15) is 17.4 Å². The molecule has 0 radical (unpaired) electrons. The molecule has 3 aliphatic rings. The molecule has 3 aliphatic heterocycles. The summed E-state index contributed by atoms with van der Waals surface area (Å²) in [6.07, 6.45) is 0.994. The summed E-state index contributed by atoms with van der Waals surface area (Å²) in [6.45, 7) is 3.98. The molecule has 10 heteroatoms. The van der Waals surface area contributed by atoms with E-state index in [-0.39, 0.29) is 18.4 Å². The molecule has 5 rings (SSSR count). The van der Waals surface area contributed by atoms with Crippen LogP contribution in [0.2, 0.25) is 5.02 Å². The molecule has 0 aromatic heterocycles. The number of anilines is 2. The Morgan fingerprint density at radius 1 is 1.11 bits per heavy atom. The van der Waals surface area contributed by atoms with Crippen molar-refractivity contribution >= 4 is 40.7 Å². The predicted octanol–water partition coefficient (Wildman–Crippen LogP) is 3.46. The van der Waals surface area contributed by atoms with Crippen LogP contribution < -0.4 is 15.4 Å². The van der Waals surface area contributed by atoms with Crippen LogP contribution in [-0.4, -0.2) is 64.7 Å². The van der Waals surface area contributed by atoms with E-state index < -0.39 is 41.5 Å². The highest BCUT2D eigenvalue weighted by Crippen LogP contribution is 2.59. The summed E-state index contributed by atoms with van der Waals surface area (Å²) in [4.78, 5) is 42.7. The van der Waals surface area contributed by atoms with E-state index in [4.69, 9.17) is 21.1 Å². The molecule has 3 fully saturated rings. The first-order chi connectivity index (χ1) is 18.3. The van der Waals surface area contributed by atoms with Crippen molar-refractivity contribution in [3.05, 3.63) is 53.6 Å². The Hall–Kier alpha value is -3.14. The molecular formula is C28H32ClN3O6. The second kappa shape index (κ2) is 10.6. The van der Waals surface area contributed by atoms with E-state index in [2.05, 4.69) is 10.6 Å². The Kier molecular flexibility index (Phi) is 7.35. The number of likely N-dealkylation sites (tertiary alicyclic amines) is 1. The zero-order valence-electron chi connectivity index (χ0n) is 21.4. The first-order valence-corrected chi connectivity index (χ1v) is 13.4. The van der Waals surface area contributed by atoms with Gasteiger partial charge in [0, 0.05) is 16.4 Å². The van der Waals surface area contributed by atoms with Crippen molar-refractivity contribution < 1.29 is 29.0 Å². The Balaban J connectivity index is 1.44. The number of amides is 3. The molecule has 0 saturated carbocycles. The molecule has 3 amide bonds. The van der Waals surface area contributed by atoms with Crippen molar-refractivity contribution in [3.8, 4) is 5.75 Å². The first-order valence-electron chi connectivity index (χ1n) is 13.0. The Morgan fingerprint density at radius 2 is 1.74 bits per heavy atom. The lowest BCUT2D eigenvalue weighted by Crippen LogP contribution is -2.56. The Morgan fingerprint density at radius 3 is 2.34 bits per heavy atom. The Labute approximate surface area is 226 Å². The van der Waals surface area contributed by atoms with Crippen LogP contribution in [0.1, 0.15) is 33.1 Å². The van der Waals surface area contributed by atoms with Gasteiger partial charge in [-0.15, -0.1) is 0 Å². The fourth-order valence-corrected chi connectivity index (χ4v) is 6.39. The highest BCUT2D eigenvalue weighted by molar-refractivity contribution is 6.30. The van der Waals surface area contributed by atoms with Gasteiger partial charge in [-0.3, -0.25) is 14.4 Å². The van der Waals surface area contributed by atoms with Gasteiger partial charge in [0.25, 0.3) is 0 Å². The fraction of sp³-hybridized carbons (Fsp3) is 0.464. The normalized spacial score (nSPS) is 28.2. The minimum absolute atomic E-state index is 0.303. The van der Waals surface area contributed by atoms with E-state index in [0.717, 1.165) is 0 Å². The van der Waals surface area contributed by atoms with Gasteiger partial charge in [-0.05, 0) is 74.7 Å². The summed E-state index contributed by atoms with van der Waals surface area (Å²) in [7, 11) is 0. The molecule has 2 bridgehead atoms. The van der Waals surface area contributed by atoms with Gasteiger partial charge >= 0.3 is 0 Å². The maximum Gasteiger partial charge on any atom is 0.250 e. The monoisotopic (exact) mass is 541 g/mol. The van der Waals surface area contributed by atoms with Crippen molar-refractivity contribution in [2.75, 3.05) is 23.8 Å². The molecule has 2 aromatic rings. The lowest BCUT2D eigenvalue weighted by Gasteiger charge is -2.36. The number of halogens is 1. The third-order valence-electron chi connectivity index (χ3n) is 7.91. The molecule has 2 aromatic carbocycles. The SMILES string of the molecule is CCOc1ccc(NC(=O)[C@@H]2[C@@H]3CCC4(O3)C(C(=O)Nc3ccc(Cl)cc3)N([C@@H](CC)CO)C(=O)[C@H]24)cc1. The van der Waals surface area contributed by atoms with E-state index in [9.17, 15) is 19.5 Å². The minimum atomic E-state index is -1.15. The molecule has 0 aliphatic carbocycles. The predicted molar refractivity (Wildman–Crippen MR) is 142 cm³/mol. The molecule has 1 spiro atoms. The van der Waals surface area contributed by atoms with Crippen LogP contribution in [0, 0.1) is 11.8 Å². The lowest BCUT2D eigenvalue weighted by atomic mass is 9.70. The number of hydrogen-bond donors (Lipinski definition) is 3. The summed E-state index contributed by atoms with van der Waals surface area (Å²) in [5, 5.41) is 16.5. The average molecular weight is 542 g/mol. The van der Waals surface area contributed by atoms with E-state index in [0.29, 0.717) is 48.0 Å². The van der Waals surface area contributed by atoms with Crippen molar-refractivity contribution in [1.82, 2.24) is 4.90 Å². The average Bonchev–Trinajstić information content (AvgIpc) is 3.55. The topological polar surface area (TPSA) is 117 Å². The molecule has 38 heavy (non-hydrogen) atoms. The van der Waals surface area contributed by atoms with E-state index in [1.807, 2.05) is 13.8 Å². The second-order valence-corrected chi connectivity index (χ2v) is 10.4. The second-order valence-electron chi connectivity index (χ2n) is 9.99. The van der Waals surface area contributed by atoms with Gasteiger partial charge in [-0.1, -0.05) is 18.5 Å². The van der Waals surface area contributed by atoms with Gasteiger partial charge in [-0.2, -0.15) is 0 Å². The van der Waals surface area contributed by atoms with E-state index in [1.165, 1.54) is 4.90 Å². The van der Waals surface area contributed by atoms with Crippen molar-refractivity contribution in [1.29, 1.82) is 0 Å². The van der Waals surface area contributed by atoms with Crippen molar-refractivity contribution in [2.24, 2.45) is 11.8 Å². The molecular weight excluding hydrogens is 510 g/mol. The number of carbonyl (C=O) groups excluding carboxylic acids is 3. The third kappa shape index (κ3) is 4.42. The van der Waals surface area contributed by atoms with E-state index >= 15 is 0 Å². The van der Waals surface area contributed by atoms with Gasteiger partial charge in [0.2, 0.25) is 17.7 Å². The maximum atomic E-state index is 14.0. The molecule has 2 unspecified atom stereocenters. The minimum Gasteiger partial charge on any atom is -0.494 e. The van der Waals surface area contributed by atoms with Crippen LogP contribution in [0.15, 0.2) is 48.5 Å². The zero-order valence-corrected chi connectivity index (χ0v) is 22.1. The van der Waals surface area contributed by atoms with Crippen molar-refractivity contribution in [3.63, 3.8) is 0 Å². The highest BCUT2D eigenvalue weighted by atomic mass is 35.5. The molecule has 202 valence electrons. The number of rotatable bonds is 9. The number of carbonyl (C=O) groups is 3. The number of nitrogens with zero attached hydrogens (tertiary/aromatic N) is 1. The summed E-state index contributed by atoms with van der Waals surface area (Å²) in [6, 6.07) is 12.2. The standard InChI is InChI=1S/C28H32ClN3O6/c1-3-19(15-33)32-24(26(35)31-17-7-5-16(29)6-8-17)28-14-13-21(38-28)22(23(28)27(32)36)25(34)30-18-9-11-20(12-10-18)37-4-2/h5-12,19,21-24,33H,3-4,13-15H2,1-2H3,(H,30,34)(H,31,35)/t19-,21-,22+,23-,24?,28?/m0/s1. The van der Waals surface area contributed by atoms with Crippen molar-refractivity contribution in [2.45, 2.75) is 56.9 Å². The fourth-order valence-electron chi connectivity index (χ4n) is 6.27. The van der Waals surface area contributed by atoms with E-state index in [1.54, 1.807) is 48.5 Å². The third-order valence-corrected chi connectivity index (χ3v) is 8.16. The van der Waals surface area contributed by atoms with Crippen LogP contribution in [0.3, 0.4) is 0 Å². The van der Waals surface area contributed by atoms with Crippen LogP contribution >= 0.6 is 11.6 Å². The molecule has 3 saturated heterocycles. The number of ether oxygens (including phenoxy) is 2. The van der Waals surface area contributed by atoms with Crippen LogP contribution in [0.5, 0.6) is 5.75 Å². The molecule has 9 nitrogen and oxygen atoms in total. The summed E-state index contributed by atoms with van der Waals surface area (Å²) in [5.41, 5.74) is -0.0424. The van der Waals surface area contributed by atoms with Gasteiger partial charge in [0.05, 0.1) is 37.2 Å². The number of aliphatic hydroxyl groups excluding tert-OH is 1. The molecule has 6 atom stereocenters. The smallest absolute Gasteiger partial charge is 0.250 e. The van der Waals surface area contributed by atoms with Crippen LogP contribution in [0.25, 0.3) is 0 Å². The Bertz CT molecular complexity index is 1200. The number of aliphatic hydroxyl groups is 1. The zero-order chi connectivity index (χ0) is 27.0. The van der Waals surface area contributed by atoms with Gasteiger partial charge in [0.15, 0.2) is 0 Å². The number of benzene rings is 2. The summed E-state index contributed by atoms with van der Waals surface area (Å²) < 4.78 is 11.9. The first kappa shape index (κ1) is 26.5. The van der Waals surface area contributed by atoms with Crippen LogP contribution in [-0.2, 0) is 19.1 Å². The quantitative estimate of drug-likeness (QED) is 0.447. The lowest BCUT2D eigenvalue weighted by molar-refractivity contribution is -0.143. The maximum absolute atomic E-state index is 14.0. The van der Waals surface area contributed by atoms with Gasteiger partial charge < -0.3 is 30.1 Å². The number of nitrogens with one attached hydrogen (secondary N) is 2. The largest absolute Gasteiger partial charge is 0.494 e.